The van der Waals surface area contributed by atoms with Gasteiger partial charge in [0.25, 0.3) is 0 Å². The molecule has 1 heterocycles. The van der Waals surface area contributed by atoms with Crippen molar-refractivity contribution in [1.29, 1.82) is 0 Å². The van der Waals surface area contributed by atoms with Crippen LogP contribution in [-0.2, 0) is 98.3 Å². The quantitative estimate of drug-likeness (QED) is 0.0614. The second-order valence-corrected chi connectivity index (χ2v) is 45.1. The summed E-state index contributed by atoms with van der Waals surface area (Å²) >= 11 is -25.1. The summed E-state index contributed by atoms with van der Waals surface area (Å²) in [6, 6.07) is 0. The molecule has 0 fully saturated rings. The van der Waals surface area contributed by atoms with E-state index in [0.29, 0.717) is 0 Å². The Balaban J connectivity index is 1.63. The molecule has 8 aromatic rings. The Morgan fingerprint density at radius 3 is 0.250 bits per heavy atom. The predicted octanol–water partition coefficient (Wildman–Crippen LogP) is 11.3. The molecule has 1 aliphatic heterocycles. The monoisotopic (exact) mass is 1990 g/mol. The van der Waals surface area contributed by atoms with Crippen LogP contribution in [0.25, 0.3) is 44.5 Å². The van der Waals surface area contributed by atoms with Gasteiger partial charge in [-0.15, -0.1) is 0 Å². The summed E-state index contributed by atoms with van der Waals surface area (Å²) in [5, 5.41) is 0. The molecule has 0 atom stereocenters. The fourth-order valence-corrected chi connectivity index (χ4v) is 40.5. The summed E-state index contributed by atoms with van der Waals surface area (Å²) in [6.07, 6.45) is 0. The van der Waals surface area contributed by atoms with Gasteiger partial charge in [0, 0.05) is 0 Å². The van der Waals surface area contributed by atoms with Crippen molar-refractivity contribution in [2.45, 2.75) is 0 Å². The van der Waals surface area contributed by atoms with Gasteiger partial charge in [-0.3, -0.25) is 0 Å². The molecule has 0 amide bonds. The van der Waals surface area contributed by atoms with Gasteiger partial charge < -0.3 is 0 Å². The van der Waals surface area contributed by atoms with Crippen molar-refractivity contribution < 1.29 is 239 Å². The van der Waals surface area contributed by atoms with E-state index >= 15 is 140 Å². The molecule has 8 aromatic carbocycles. The number of rotatable bonds is 0. The Kier molecular flexibility index (Phi) is 17.3. The summed E-state index contributed by atoms with van der Waals surface area (Å²) in [7, 11) is 0. The van der Waals surface area contributed by atoms with Gasteiger partial charge in [-0.1, -0.05) is 0 Å². The Bertz CT molecular complexity index is 3540. The number of halogens is 32. The SMILES string of the molecule is Fc1c(F)c(F)c2[c](c1F)[Hg][c]1c(F)c(F)c(F)c(F)c1-c1c(F)c(F)c(F)c(F)[c]1[Hg][c]1c(F)c(F)c(F)c(F)c1-c1c(F)c(F)c(F)c(F)[c]1[Hg][c]1c(F)c(F)c(F)c(F)c1-c1c(F)c(F)c(F)c(F)[c]1[Hg][c]1c(F)c(F)c(F)c(F)c1-2. The number of hydrogen-bond donors (Lipinski definition) is 0. The van der Waals surface area contributed by atoms with Crippen LogP contribution < -0.4 is 24.6 Å². The summed E-state index contributed by atoms with van der Waals surface area (Å²) in [5.74, 6) is -106. The van der Waals surface area contributed by atoms with Crippen LogP contribution in [-0.4, -0.2) is 0 Å². The number of hydrogen-bond acceptors (Lipinski definition) is 0. The normalized spacial score (nSPS) is 11.8. The van der Waals surface area contributed by atoms with E-state index in [1.807, 2.05) is 0 Å². The molecule has 0 spiro atoms. The van der Waals surface area contributed by atoms with Crippen LogP contribution in [0.15, 0.2) is 0 Å². The van der Waals surface area contributed by atoms with Crippen molar-refractivity contribution in [2.75, 3.05) is 0 Å². The molecule has 84 heavy (non-hydrogen) atoms. The van der Waals surface area contributed by atoms with Gasteiger partial charge in [-0.25, -0.2) is 0 Å². The average Bonchev–Trinajstić information content (AvgIpc) is 3.00. The number of benzene rings is 8. The van der Waals surface area contributed by atoms with Crippen molar-refractivity contribution in [2.24, 2.45) is 0 Å². The molecule has 0 saturated heterocycles. The predicted molar refractivity (Wildman–Crippen MR) is 203 cm³/mol. The molecule has 0 nitrogen and oxygen atoms in total. The van der Waals surface area contributed by atoms with Gasteiger partial charge in [0.1, 0.15) is 0 Å². The second kappa shape index (κ2) is 22.8. The van der Waals surface area contributed by atoms with Crippen LogP contribution in [0.2, 0.25) is 0 Å². The van der Waals surface area contributed by atoms with Gasteiger partial charge in [-0.05, 0) is 0 Å². The molecule has 0 saturated carbocycles. The van der Waals surface area contributed by atoms with Gasteiger partial charge in [0.05, 0.1) is 0 Å². The van der Waals surface area contributed by atoms with Crippen LogP contribution in [0.3, 0.4) is 0 Å². The van der Waals surface area contributed by atoms with E-state index in [9.17, 15) is 0 Å². The zero-order chi connectivity index (χ0) is 62.5. The van der Waals surface area contributed by atoms with Crippen LogP contribution in [0.4, 0.5) is 140 Å². The molecule has 0 unspecified atom stereocenters. The zero-order valence-corrected chi connectivity index (χ0v) is 60.9. The number of fused-ring (bicyclic) bond motifs is 12. The first kappa shape index (κ1) is 63.8. The maximum atomic E-state index is 16.6. The first-order valence-corrected chi connectivity index (χ1v) is 43.9. The van der Waals surface area contributed by atoms with Crippen molar-refractivity contribution in [3.8, 4) is 44.5 Å². The molecule has 424 valence electrons. The van der Waals surface area contributed by atoms with E-state index in [0.717, 1.165) is 0 Å². The second-order valence-electron chi connectivity index (χ2n) is 17.6. The van der Waals surface area contributed by atoms with Crippen LogP contribution in [0, 0.1) is 186 Å². The third-order valence-electron chi connectivity index (χ3n) is 13.3. The van der Waals surface area contributed by atoms with Gasteiger partial charge >= 0.3 is 494 Å². The summed E-state index contributed by atoms with van der Waals surface area (Å²) in [4.78, 5) is 0. The van der Waals surface area contributed by atoms with E-state index in [1.165, 1.54) is 0 Å². The molecule has 9 rings (SSSR count). The van der Waals surface area contributed by atoms with Gasteiger partial charge in [-0.2, -0.15) is 0 Å². The van der Waals surface area contributed by atoms with Crippen molar-refractivity contribution in [3.05, 3.63) is 186 Å². The Labute approximate surface area is 489 Å². The molecule has 0 N–H and O–H groups in total. The minimum atomic E-state index is -6.27. The summed E-state index contributed by atoms with van der Waals surface area (Å²) in [6.45, 7) is 0. The van der Waals surface area contributed by atoms with Gasteiger partial charge in [0.2, 0.25) is 0 Å². The molecule has 0 aliphatic carbocycles. The van der Waals surface area contributed by atoms with Crippen molar-refractivity contribution in [3.63, 3.8) is 0 Å². The minimum absolute atomic E-state index is 2.51. The van der Waals surface area contributed by atoms with E-state index in [2.05, 4.69) is 0 Å². The van der Waals surface area contributed by atoms with E-state index in [4.69, 9.17) is 0 Å². The molecular formula is C48F32Hg4. The van der Waals surface area contributed by atoms with Gasteiger partial charge in [0.15, 0.2) is 0 Å². The molecule has 0 aromatic heterocycles. The topological polar surface area (TPSA) is 0 Å². The Hall–Kier alpha value is -4.74. The van der Waals surface area contributed by atoms with E-state index in [-0.39, 0.29) is 0 Å². The summed E-state index contributed by atoms with van der Waals surface area (Å²) in [5.41, 5.74) is -22.3. The molecule has 0 bridgehead atoms. The van der Waals surface area contributed by atoms with Crippen molar-refractivity contribution in [1.82, 2.24) is 0 Å². The summed E-state index contributed by atoms with van der Waals surface area (Å²) < 4.78 is 492. The molecule has 36 heteroatoms. The average molecular weight is 1990 g/mol. The van der Waals surface area contributed by atoms with Crippen LogP contribution >= 0.6 is 0 Å². The fraction of sp³-hybridized carbons (Fsp3) is 0. The molecular weight excluding hydrogens is 1990 g/mol. The third-order valence-corrected chi connectivity index (χ3v) is 45.0. The van der Waals surface area contributed by atoms with Crippen LogP contribution in [0.1, 0.15) is 0 Å². The standard InChI is InChI=1S/4C12F8.4Hg/c4*13-5-1-3(7(15)11(19)9(5)17)4-2-6(14)10(18)12(20)8(4)16;;;;. The maximum absolute atomic E-state index is 16.6. The Morgan fingerprint density at radius 2 is 0.167 bits per heavy atom. The third kappa shape index (κ3) is 9.35. The fourth-order valence-electron chi connectivity index (χ4n) is 9.54. The molecule has 0 radical (unpaired) electrons. The first-order valence-electron chi connectivity index (χ1n) is 21.9. The first-order chi connectivity index (χ1) is 39.1. The van der Waals surface area contributed by atoms with E-state index < -0.39 is 354 Å². The van der Waals surface area contributed by atoms with Crippen LogP contribution in [0.5, 0.6) is 0 Å². The van der Waals surface area contributed by atoms with Crippen molar-refractivity contribution >= 4 is 24.6 Å². The molecule has 1 aliphatic rings. The zero-order valence-electron chi connectivity index (χ0n) is 38.9. The van der Waals surface area contributed by atoms with E-state index in [1.54, 1.807) is 0 Å². The Morgan fingerprint density at radius 1 is 0.0952 bits per heavy atom.